The molecule has 0 spiro atoms. The van der Waals surface area contributed by atoms with Gasteiger partial charge in [0.05, 0.1) is 5.69 Å². The Bertz CT molecular complexity index is 954. The highest BCUT2D eigenvalue weighted by Gasteiger charge is 2.20. The number of aromatic nitrogens is 2. The van der Waals surface area contributed by atoms with Crippen LogP contribution in [0, 0.1) is 11.8 Å². The molecule has 0 bridgehead atoms. The van der Waals surface area contributed by atoms with E-state index in [4.69, 9.17) is 0 Å². The lowest BCUT2D eigenvalue weighted by Gasteiger charge is -2.06. The van der Waals surface area contributed by atoms with E-state index in [1.165, 1.54) is 5.56 Å². The molecule has 4 rings (SSSR count). The third kappa shape index (κ3) is 1.81. The van der Waals surface area contributed by atoms with Crippen LogP contribution in [-0.4, -0.2) is 10.2 Å². The van der Waals surface area contributed by atoms with E-state index in [0.29, 0.717) is 5.69 Å². The molecule has 1 aliphatic carbocycles. The van der Waals surface area contributed by atoms with E-state index in [1.54, 1.807) is 0 Å². The number of aryl methyl sites for hydroxylation is 1. The van der Waals surface area contributed by atoms with Crippen LogP contribution in [0.1, 0.15) is 5.56 Å². The fourth-order valence-corrected chi connectivity index (χ4v) is 2.83. The van der Waals surface area contributed by atoms with Gasteiger partial charge in [-0.3, -0.25) is 5.10 Å². The van der Waals surface area contributed by atoms with E-state index in [1.807, 2.05) is 61.5 Å². The Balaban J connectivity index is 2.01. The average molecular weight is 287 g/mol. The van der Waals surface area contributed by atoms with Crippen LogP contribution in [0.4, 0.5) is 5.69 Å². The van der Waals surface area contributed by atoms with Gasteiger partial charge in [-0.2, -0.15) is 5.10 Å². The zero-order chi connectivity index (χ0) is 15.1. The van der Waals surface area contributed by atoms with Crippen LogP contribution >= 0.6 is 0 Å². The summed E-state index contributed by atoms with van der Waals surface area (Å²) in [5, 5.41) is 12.6. The maximum Gasteiger partial charge on any atom is 0.125 e. The van der Waals surface area contributed by atoms with Gasteiger partial charge in [-0.15, -0.1) is 4.91 Å². The van der Waals surface area contributed by atoms with Crippen molar-refractivity contribution in [2.24, 2.45) is 5.18 Å². The zero-order valence-corrected chi connectivity index (χ0v) is 12.0. The van der Waals surface area contributed by atoms with Crippen LogP contribution in [0.25, 0.3) is 33.3 Å². The van der Waals surface area contributed by atoms with E-state index in [9.17, 15) is 4.91 Å². The number of nitrogens with zero attached hydrogens (tertiary/aromatic N) is 2. The predicted octanol–water partition coefficient (Wildman–Crippen LogP) is 5.04. The maximum absolute atomic E-state index is 11.3. The fraction of sp³-hybridized carbons (Fsp3) is 0.0556. The largest absolute Gasteiger partial charge is 0.277 e. The molecule has 1 heterocycles. The zero-order valence-electron chi connectivity index (χ0n) is 12.0. The van der Waals surface area contributed by atoms with Crippen molar-refractivity contribution in [3.8, 4) is 22.5 Å². The van der Waals surface area contributed by atoms with Gasteiger partial charge >= 0.3 is 0 Å². The molecule has 2 aromatic rings. The number of benzene rings is 2. The summed E-state index contributed by atoms with van der Waals surface area (Å²) < 4.78 is 0. The van der Waals surface area contributed by atoms with Crippen molar-refractivity contribution in [1.82, 2.24) is 10.2 Å². The van der Waals surface area contributed by atoms with Crippen LogP contribution in [0.15, 0.2) is 59.8 Å². The Morgan fingerprint density at radius 1 is 1.00 bits per heavy atom. The first-order valence-corrected chi connectivity index (χ1v) is 7.08. The normalized spacial score (nSPS) is 11.1. The van der Waals surface area contributed by atoms with Gasteiger partial charge < -0.3 is 0 Å². The van der Waals surface area contributed by atoms with E-state index < -0.39 is 0 Å². The van der Waals surface area contributed by atoms with Crippen molar-refractivity contribution >= 4 is 16.5 Å². The monoisotopic (exact) mass is 287 g/mol. The Labute approximate surface area is 127 Å². The van der Waals surface area contributed by atoms with Gasteiger partial charge in [0.2, 0.25) is 0 Å². The molecule has 4 nitrogen and oxygen atoms in total. The first kappa shape index (κ1) is 12.7. The van der Waals surface area contributed by atoms with Crippen molar-refractivity contribution in [3.63, 3.8) is 0 Å². The third-order valence-electron chi connectivity index (χ3n) is 3.98. The van der Waals surface area contributed by atoms with Crippen LogP contribution in [0.3, 0.4) is 0 Å². The molecule has 4 heteroatoms. The lowest BCUT2D eigenvalue weighted by atomic mass is 10.1. The Kier molecular flexibility index (Phi) is 2.76. The second kappa shape index (κ2) is 4.77. The third-order valence-corrected chi connectivity index (χ3v) is 3.98. The number of nitrogens with one attached hydrogen (secondary N) is 1. The van der Waals surface area contributed by atoms with Crippen molar-refractivity contribution in [1.29, 1.82) is 0 Å². The summed E-state index contributed by atoms with van der Waals surface area (Å²) in [5.74, 6) is 0. The summed E-state index contributed by atoms with van der Waals surface area (Å²) in [6.07, 6.45) is 0. The van der Waals surface area contributed by atoms with E-state index in [0.717, 1.165) is 33.3 Å². The molecule has 0 unspecified atom stereocenters. The molecule has 2 aliphatic rings. The lowest BCUT2D eigenvalue weighted by molar-refractivity contribution is 1.05. The SMILES string of the molecule is Cc1ccc(-c2cc3c(N=O)c4ccccc4c-3n[nH]2)cc1. The average Bonchev–Trinajstić information content (AvgIpc) is 2.88. The molecule has 22 heavy (non-hydrogen) atoms. The molecular formula is C18H13N3O. The van der Waals surface area contributed by atoms with E-state index >= 15 is 0 Å². The van der Waals surface area contributed by atoms with Gasteiger partial charge in [0, 0.05) is 16.3 Å². The molecule has 0 amide bonds. The van der Waals surface area contributed by atoms with Crippen LogP contribution in [-0.2, 0) is 0 Å². The number of fused-ring (bicyclic) bond motifs is 3. The van der Waals surface area contributed by atoms with Gasteiger partial charge in [-0.05, 0) is 23.7 Å². The smallest absolute Gasteiger partial charge is 0.125 e. The van der Waals surface area contributed by atoms with Gasteiger partial charge in [0.25, 0.3) is 0 Å². The van der Waals surface area contributed by atoms with Gasteiger partial charge in [-0.25, -0.2) is 0 Å². The summed E-state index contributed by atoms with van der Waals surface area (Å²) >= 11 is 0. The molecule has 0 saturated heterocycles. The number of hydrogen-bond acceptors (Lipinski definition) is 3. The maximum atomic E-state index is 11.3. The second-order valence-corrected chi connectivity index (χ2v) is 5.40. The fourth-order valence-electron chi connectivity index (χ4n) is 2.83. The van der Waals surface area contributed by atoms with Gasteiger partial charge in [0.15, 0.2) is 0 Å². The standard InChI is InChI=1S/C18H13N3O/c1-11-6-8-12(9-7-11)16-10-15-17(20-19-16)13-4-2-3-5-14(13)18(15)21-22/h2-10,19H,1H3. The first-order chi connectivity index (χ1) is 10.8. The minimum absolute atomic E-state index is 0.459. The summed E-state index contributed by atoms with van der Waals surface area (Å²) in [7, 11) is 0. The molecule has 1 N–H and O–H groups in total. The quantitative estimate of drug-likeness (QED) is 0.525. The predicted molar refractivity (Wildman–Crippen MR) is 88.3 cm³/mol. The highest BCUT2D eigenvalue weighted by molar-refractivity contribution is 6.11. The molecule has 0 saturated carbocycles. The second-order valence-electron chi connectivity index (χ2n) is 5.40. The molecule has 0 radical (unpaired) electrons. The van der Waals surface area contributed by atoms with Crippen LogP contribution in [0.5, 0.6) is 0 Å². The molecule has 0 aromatic heterocycles. The number of nitroso groups, excluding NO2 is 1. The van der Waals surface area contributed by atoms with Crippen molar-refractivity contribution < 1.29 is 0 Å². The van der Waals surface area contributed by atoms with Gasteiger partial charge in [-0.1, -0.05) is 54.1 Å². The highest BCUT2D eigenvalue weighted by atomic mass is 16.3. The summed E-state index contributed by atoms with van der Waals surface area (Å²) in [6.45, 7) is 2.05. The molecule has 2 aromatic carbocycles. The van der Waals surface area contributed by atoms with Gasteiger partial charge in [0.1, 0.15) is 11.4 Å². The number of rotatable bonds is 2. The Hall–Kier alpha value is -3.01. The molecule has 1 aliphatic heterocycles. The highest BCUT2D eigenvalue weighted by Crippen LogP contribution is 2.43. The van der Waals surface area contributed by atoms with Crippen molar-refractivity contribution in [2.75, 3.05) is 0 Å². The number of hydrogen-bond donors (Lipinski definition) is 1. The van der Waals surface area contributed by atoms with E-state index in [-0.39, 0.29) is 0 Å². The number of H-pyrrole nitrogens is 1. The minimum Gasteiger partial charge on any atom is -0.277 e. The topological polar surface area (TPSA) is 58.1 Å². The molecule has 106 valence electrons. The van der Waals surface area contributed by atoms with Crippen LogP contribution < -0.4 is 0 Å². The summed E-state index contributed by atoms with van der Waals surface area (Å²) in [5.41, 5.74) is 5.12. The molecular weight excluding hydrogens is 274 g/mol. The lowest BCUT2D eigenvalue weighted by Crippen LogP contribution is -1.91. The van der Waals surface area contributed by atoms with Crippen LogP contribution in [0.2, 0.25) is 0 Å². The molecule has 0 atom stereocenters. The Morgan fingerprint density at radius 3 is 2.45 bits per heavy atom. The number of aromatic amines is 1. The van der Waals surface area contributed by atoms with Crippen molar-refractivity contribution in [2.45, 2.75) is 6.92 Å². The van der Waals surface area contributed by atoms with E-state index in [2.05, 4.69) is 15.4 Å². The minimum atomic E-state index is 0.459. The molecule has 0 fully saturated rings. The first-order valence-electron chi connectivity index (χ1n) is 7.08. The van der Waals surface area contributed by atoms with Crippen molar-refractivity contribution in [3.05, 3.63) is 65.1 Å². The Morgan fingerprint density at radius 2 is 1.73 bits per heavy atom. The summed E-state index contributed by atoms with van der Waals surface area (Å²) in [4.78, 5) is 11.3. The summed E-state index contributed by atoms with van der Waals surface area (Å²) in [6, 6.07) is 17.8.